The standard InChI is InChI=1S/C20H23N5O/c1-14-10-18(23-15(2)22-14)19-13-25(8-9-26-19)12-17-11-21-24-20(17)16-6-4-3-5-7-16/h3-7,10-11,19H,8-9,12-13H2,1-2H3,(H,21,24)/t19-/m1/s1. The molecule has 0 bridgehead atoms. The zero-order valence-electron chi connectivity index (χ0n) is 15.1. The van der Waals surface area contributed by atoms with Crippen molar-refractivity contribution in [1.29, 1.82) is 0 Å². The summed E-state index contributed by atoms with van der Waals surface area (Å²) in [5.74, 6) is 0.793. The van der Waals surface area contributed by atoms with Crippen molar-refractivity contribution in [2.75, 3.05) is 19.7 Å². The number of nitrogens with zero attached hydrogens (tertiary/aromatic N) is 4. The van der Waals surface area contributed by atoms with Gasteiger partial charge < -0.3 is 4.74 Å². The average molecular weight is 349 g/mol. The smallest absolute Gasteiger partial charge is 0.125 e. The average Bonchev–Trinajstić information content (AvgIpc) is 3.10. The van der Waals surface area contributed by atoms with Crippen LogP contribution >= 0.6 is 0 Å². The fourth-order valence-corrected chi connectivity index (χ4v) is 3.46. The fraction of sp³-hybridized carbons (Fsp3) is 0.350. The number of hydrogen-bond donors (Lipinski definition) is 1. The molecule has 3 heterocycles. The zero-order valence-corrected chi connectivity index (χ0v) is 15.1. The molecular weight excluding hydrogens is 326 g/mol. The number of H-pyrrole nitrogens is 1. The van der Waals surface area contributed by atoms with E-state index in [1.165, 1.54) is 5.56 Å². The van der Waals surface area contributed by atoms with E-state index in [-0.39, 0.29) is 6.10 Å². The third-order valence-corrected chi connectivity index (χ3v) is 4.64. The highest BCUT2D eigenvalue weighted by molar-refractivity contribution is 5.62. The number of benzene rings is 1. The lowest BCUT2D eigenvalue weighted by molar-refractivity contribution is -0.0351. The van der Waals surface area contributed by atoms with Gasteiger partial charge >= 0.3 is 0 Å². The van der Waals surface area contributed by atoms with Gasteiger partial charge in [0.2, 0.25) is 0 Å². The molecule has 0 aliphatic carbocycles. The molecule has 1 atom stereocenters. The second kappa shape index (κ2) is 7.35. The van der Waals surface area contributed by atoms with E-state index in [1.54, 1.807) is 0 Å². The SMILES string of the molecule is Cc1cc([C@H]2CN(Cc3cn[nH]c3-c3ccccc3)CCO2)nc(C)n1. The lowest BCUT2D eigenvalue weighted by Gasteiger charge is -2.32. The fourth-order valence-electron chi connectivity index (χ4n) is 3.46. The van der Waals surface area contributed by atoms with Gasteiger partial charge in [-0.2, -0.15) is 5.10 Å². The molecule has 1 saturated heterocycles. The largest absolute Gasteiger partial charge is 0.369 e. The van der Waals surface area contributed by atoms with Crippen LogP contribution in [0.5, 0.6) is 0 Å². The summed E-state index contributed by atoms with van der Waals surface area (Å²) < 4.78 is 5.98. The van der Waals surface area contributed by atoms with Crippen LogP contribution in [0, 0.1) is 13.8 Å². The molecular formula is C20H23N5O. The summed E-state index contributed by atoms with van der Waals surface area (Å²) >= 11 is 0. The van der Waals surface area contributed by atoms with Crippen molar-refractivity contribution in [2.45, 2.75) is 26.5 Å². The third kappa shape index (κ3) is 3.66. The summed E-state index contributed by atoms with van der Waals surface area (Å²) in [4.78, 5) is 11.3. The first-order chi connectivity index (χ1) is 12.7. The van der Waals surface area contributed by atoms with Gasteiger partial charge in [-0.1, -0.05) is 30.3 Å². The third-order valence-electron chi connectivity index (χ3n) is 4.64. The zero-order chi connectivity index (χ0) is 17.9. The van der Waals surface area contributed by atoms with Gasteiger partial charge in [0.05, 0.1) is 24.2 Å². The Morgan fingerprint density at radius 3 is 2.85 bits per heavy atom. The van der Waals surface area contributed by atoms with Gasteiger partial charge in [0, 0.05) is 30.9 Å². The van der Waals surface area contributed by atoms with Crippen LogP contribution in [0.2, 0.25) is 0 Å². The van der Waals surface area contributed by atoms with Gasteiger partial charge in [0.25, 0.3) is 0 Å². The number of nitrogens with one attached hydrogen (secondary N) is 1. The second-order valence-corrected chi connectivity index (χ2v) is 6.71. The van der Waals surface area contributed by atoms with Crippen molar-refractivity contribution < 1.29 is 4.74 Å². The van der Waals surface area contributed by atoms with Crippen LogP contribution in [0.15, 0.2) is 42.6 Å². The van der Waals surface area contributed by atoms with E-state index in [0.717, 1.165) is 48.1 Å². The molecule has 2 aromatic heterocycles. The Bertz CT molecular complexity index is 857. The van der Waals surface area contributed by atoms with E-state index in [1.807, 2.05) is 44.3 Å². The Labute approximate surface area is 153 Å². The molecule has 3 aromatic rings. The van der Waals surface area contributed by atoms with Crippen LogP contribution in [0.3, 0.4) is 0 Å². The maximum absolute atomic E-state index is 5.98. The highest BCUT2D eigenvalue weighted by Crippen LogP contribution is 2.26. The van der Waals surface area contributed by atoms with Gasteiger partial charge in [-0.05, 0) is 25.5 Å². The molecule has 0 saturated carbocycles. The number of morpholine rings is 1. The molecule has 6 heteroatoms. The predicted molar refractivity (Wildman–Crippen MR) is 99.5 cm³/mol. The van der Waals surface area contributed by atoms with Crippen molar-refractivity contribution >= 4 is 0 Å². The Kier molecular flexibility index (Phi) is 4.77. The minimum atomic E-state index is -0.0174. The van der Waals surface area contributed by atoms with Crippen molar-refractivity contribution in [3.8, 4) is 11.3 Å². The minimum absolute atomic E-state index is 0.0174. The lowest BCUT2D eigenvalue weighted by Crippen LogP contribution is -2.38. The molecule has 0 unspecified atom stereocenters. The topological polar surface area (TPSA) is 66.9 Å². The summed E-state index contributed by atoms with van der Waals surface area (Å²) in [6, 6.07) is 12.3. The summed E-state index contributed by atoms with van der Waals surface area (Å²) in [5.41, 5.74) is 5.39. The number of aromatic nitrogens is 4. The molecule has 0 amide bonds. The van der Waals surface area contributed by atoms with Crippen LogP contribution in [0.1, 0.15) is 28.9 Å². The quantitative estimate of drug-likeness (QED) is 0.784. The second-order valence-electron chi connectivity index (χ2n) is 6.71. The number of aromatic amines is 1. The highest BCUT2D eigenvalue weighted by atomic mass is 16.5. The molecule has 1 fully saturated rings. The first kappa shape index (κ1) is 16.9. The van der Waals surface area contributed by atoms with Crippen LogP contribution in [-0.2, 0) is 11.3 Å². The van der Waals surface area contributed by atoms with E-state index in [2.05, 4.69) is 37.2 Å². The summed E-state index contributed by atoms with van der Waals surface area (Å²) in [6.07, 6.45) is 1.91. The molecule has 1 aliphatic heterocycles. The maximum Gasteiger partial charge on any atom is 0.125 e. The monoisotopic (exact) mass is 349 g/mol. The first-order valence-electron chi connectivity index (χ1n) is 8.93. The van der Waals surface area contributed by atoms with Gasteiger partial charge in [0.1, 0.15) is 11.9 Å². The highest BCUT2D eigenvalue weighted by Gasteiger charge is 2.24. The van der Waals surface area contributed by atoms with Gasteiger partial charge in [-0.3, -0.25) is 10.00 Å². The molecule has 4 rings (SSSR count). The summed E-state index contributed by atoms with van der Waals surface area (Å²) in [6.45, 7) is 7.17. The number of aryl methyl sites for hydroxylation is 2. The molecule has 6 nitrogen and oxygen atoms in total. The van der Waals surface area contributed by atoms with Crippen molar-refractivity contribution in [2.24, 2.45) is 0 Å². The molecule has 134 valence electrons. The van der Waals surface area contributed by atoms with Crippen molar-refractivity contribution in [1.82, 2.24) is 25.1 Å². The predicted octanol–water partition coefficient (Wildman–Crippen LogP) is 3.06. The van der Waals surface area contributed by atoms with E-state index < -0.39 is 0 Å². The van der Waals surface area contributed by atoms with E-state index in [9.17, 15) is 0 Å². The summed E-state index contributed by atoms with van der Waals surface area (Å²) in [5, 5.41) is 7.40. The van der Waals surface area contributed by atoms with Crippen LogP contribution in [-0.4, -0.2) is 44.8 Å². The van der Waals surface area contributed by atoms with Gasteiger partial charge in [-0.25, -0.2) is 9.97 Å². The number of hydrogen-bond acceptors (Lipinski definition) is 5. The van der Waals surface area contributed by atoms with E-state index >= 15 is 0 Å². The molecule has 1 aromatic carbocycles. The molecule has 0 radical (unpaired) electrons. The van der Waals surface area contributed by atoms with Gasteiger partial charge in [-0.15, -0.1) is 0 Å². The number of rotatable bonds is 4. The molecule has 0 spiro atoms. The van der Waals surface area contributed by atoms with Gasteiger partial charge in [0.15, 0.2) is 0 Å². The Balaban J connectivity index is 1.50. The van der Waals surface area contributed by atoms with Crippen LogP contribution in [0.25, 0.3) is 11.3 Å². The Morgan fingerprint density at radius 1 is 1.19 bits per heavy atom. The summed E-state index contributed by atoms with van der Waals surface area (Å²) in [7, 11) is 0. The van der Waals surface area contributed by atoms with Crippen LogP contribution in [0.4, 0.5) is 0 Å². The molecule has 1 N–H and O–H groups in total. The Hall–Kier alpha value is -2.57. The van der Waals surface area contributed by atoms with Crippen LogP contribution < -0.4 is 0 Å². The van der Waals surface area contributed by atoms with Crippen molar-refractivity contribution in [3.05, 3.63) is 65.4 Å². The van der Waals surface area contributed by atoms with E-state index in [0.29, 0.717) is 6.61 Å². The molecule has 26 heavy (non-hydrogen) atoms. The normalized spacial score (nSPS) is 18.2. The van der Waals surface area contributed by atoms with Crippen molar-refractivity contribution in [3.63, 3.8) is 0 Å². The maximum atomic E-state index is 5.98. The molecule has 1 aliphatic rings. The minimum Gasteiger partial charge on any atom is -0.369 e. The van der Waals surface area contributed by atoms with E-state index in [4.69, 9.17) is 4.74 Å². The first-order valence-corrected chi connectivity index (χ1v) is 8.93. The number of ether oxygens (including phenoxy) is 1. The lowest BCUT2D eigenvalue weighted by atomic mass is 10.1. The Morgan fingerprint density at radius 2 is 2.04 bits per heavy atom.